The number of aromatic nitrogens is 3. The third-order valence-electron chi connectivity index (χ3n) is 2.16. The molecule has 0 saturated heterocycles. The molecule has 0 aliphatic rings. The first kappa shape index (κ1) is 11.4. The molecule has 0 bridgehead atoms. The molecule has 17 heavy (non-hydrogen) atoms. The van der Waals surface area contributed by atoms with Gasteiger partial charge in [-0.25, -0.2) is 4.98 Å². The zero-order valence-corrected chi connectivity index (χ0v) is 9.92. The van der Waals surface area contributed by atoms with Gasteiger partial charge in [0, 0.05) is 24.0 Å². The molecule has 84 valence electrons. The molecule has 0 aliphatic carbocycles. The second-order valence-electron chi connectivity index (χ2n) is 3.31. The molecule has 0 radical (unpaired) electrons. The number of pyridine rings is 1. The highest BCUT2D eigenvalue weighted by Gasteiger charge is 1.86. The van der Waals surface area contributed by atoms with Crippen molar-refractivity contribution in [2.45, 2.75) is 0 Å². The second-order valence-corrected chi connectivity index (χ2v) is 3.52. The van der Waals surface area contributed by atoms with E-state index in [1.54, 1.807) is 23.3 Å². The molecule has 0 fully saturated rings. The Hall–Kier alpha value is -2.07. The van der Waals surface area contributed by atoms with Gasteiger partial charge in [0.25, 0.3) is 0 Å². The molecule has 4 heteroatoms. The maximum atomic E-state index is 4.57. The maximum absolute atomic E-state index is 4.57. The summed E-state index contributed by atoms with van der Waals surface area (Å²) >= 11 is 4.57. The lowest BCUT2D eigenvalue weighted by Gasteiger charge is -1.91. The minimum Gasteiger partial charge on any atom is -0.303 e. The first-order valence-corrected chi connectivity index (χ1v) is 5.60. The highest BCUT2D eigenvalue weighted by atomic mass is 32.1. The van der Waals surface area contributed by atoms with Gasteiger partial charge in [0.1, 0.15) is 0 Å². The number of nitrogens with zero attached hydrogens (tertiary/aromatic N) is 3. The van der Waals surface area contributed by atoms with Crippen LogP contribution in [0.3, 0.4) is 0 Å². The van der Waals surface area contributed by atoms with E-state index in [1.807, 2.05) is 30.5 Å². The Morgan fingerprint density at radius 2 is 1.88 bits per heavy atom. The summed E-state index contributed by atoms with van der Waals surface area (Å²) in [5, 5.41) is 1.20. The third-order valence-corrected chi connectivity index (χ3v) is 2.40. The summed E-state index contributed by atoms with van der Waals surface area (Å²) in [4.78, 5) is 7.94. The molecule has 0 saturated carbocycles. The Balaban J connectivity index is 0.000000136. The molecule has 2 aromatic heterocycles. The normalized spacial score (nSPS) is 9.41. The Bertz CT molecular complexity index is 525. The van der Waals surface area contributed by atoms with Gasteiger partial charge in [0.05, 0.1) is 17.3 Å². The van der Waals surface area contributed by atoms with Crippen molar-refractivity contribution in [2.75, 3.05) is 0 Å². The van der Waals surface area contributed by atoms with Crippen molar-refractivity contribution in [3.63, 3.8) is 0 Å². The summed E-state index contributed by atoms with van der Waals surface area (Å²) in [6, 6.07) is 12.1. The minimum absolute atomic E-state index is 1.06. The van der Waals surface area contributed by atoms with Crippen LogP contribution in [0.1, 0.15) is 0 Å². The highest BCUT2D eigenvalue weighted by Crippen LogP contribution is 2.07. The van der Waals surface area contributed by atoms with Crippen molar-refractivity contribution in [3.8, 4) is 0 Å². The fourth-order valence-electron chi connectivity index (χ4n) is 1.35. The van der Waals surface area contributed by atoms with Gasteiger partial charge in [0.2, 0.25) is 0 Å². The first-order valence-electron chi connectivity index (χ1n) is 5.12. The van der Waals surface area contributed by atoms with Crippen LogP contribution in [-0.4, -0.2) is 20.0 Å². The smallest absolute Gasteiger partial charge is 0.0993 e. The Labute approximate surface area is 105 Å². The van der Waals surface area contributed by atoms with Gasteiger partial charge in [0.15, 0.2) is 0 Å². The number of para-hydroxylation sites is 1. The van der Waals surface area contributed by atoms with E-state index in [9.17, 15) is 0 Å². The number of rotatable bonds is 1. The number of hydrogen-bond donors (Lipinski definition) is 0. The molecule has 2 heterocycles. The van der Waals surface area contributed by atoms with Crippen molar-refractivity contribution in [3.05, 3.63) is 61.3 Å². The van der Waals surface area contributed by atoms with E-state index in [0.29, 0.717) is 0 Å². The van der Waals surface area contributed by atoms with Crippen molar-refractivity contribution in [2.24, 2.45) is 0 Å². The molecule has 1 aromatic carbocycles. The zero-order valence-electron chi connectivity index (χ0n) is 9.10. The molecular weight excluding hydrogens is 230 g/mol. The Morgan fingerprint density at radius 3 is 2.53 bits per heavy atom. The molecule has 3 aromatic rings. The van der Waals surface area contributed by atoms with Crippen LogP contribution in [0.25, 0.3) is 10.9 Å². The summed E-state index contributed by atoms with van der Waals surface area (Å²) in [5.41, 5.74) is 2.58. The van der Waals surface area contributed by atoms with Crippen LogP contribution < -0.4 is 0 Å². The van der Waals surface area contributed by atoms with E-state index in [1.165, 1.54) is 10.9 Å². The van der Waals surface area contributed by atoms with Crippen LogP contribution >= 0.6 is 12.2 Å². The predicted molar refractivity (Wildman–Crippen MR) is 73.0 cm³/mol. The average Bonchev–Trinajstić information content (AvgIpc) is 2.93. The Morgan fingerprint density at radius 1 is 1.06 bits per heavy atom. The average molecular weight is 241 g/mol. The minimum atomic E-state index is 1.06. The first-order chi connectivity index (χ1) is 8.40. The predicted octanol–water partition coefficient (Wildman–Crippen LogP) is 2.92. The van der Waals surface area contributed by atoms with E-state index >= 15 is 0 Å². The lowest BCUT2D eigenvalue weighted by molar-refractivity contribution is 1.18. The van der Waals surface area contributed by atoms with E-state index in [0.717, 1.165) is 5.52 Å². The van der Waals surface area contributed by atoms with Crippen molar-refractivity contribution < 1.29 is 0 Å². The zero-order chi connectivity index (χ0) is 11.9. The molecule has 3 rings (SSSR count). The van der Waals surface area contributed by atoms with Crippen molar-refractivity contribution in [1.82, 2.24) is 14.5 Å². The number of thiocarbonyl (C=S) groups is 1. The van der Waals surface area contributed by atoms with Gasteiger partial charge >= 0.3 is 0 Å². The quantitative estimate of drug-likeness (QED) is 0.614. The van der Waals surface area contributed by atoms with Gasteiger partial charge in [-0.05, 0) is 12.1 Å². The highest BCUT2D eigenvalue weighted by molar-refractivity contribution is 7.78. The fourth-order valence-corrected chi connectivity index (χ4v) is 1.47. The van der Waals surface area contributed by atoms with E-state index in [2.05, 4.69) is 34.3 Å². The maximum Gasteiger partial charge on any atom is 0.0993 e. The standard InChI is InChI=1S/C9H7N.C4H4N2S/c1-2-6-9-8(4-1)5-3-7-10-9;7-4-6-2-1-5-3-6/h1-7H;1-4H. The monoisotopic (exact) mass is 241 g/mol. The van der Waals surface area contributed by atoms with Crippen LogP contribution in [0.15, 0.2) is 61.3 Å². The number of imidazole rings is 1. The van der Waals surface area contributed by atoms with Gasteiger partial charge in [-0.3, -0.25) is 4.98 Å². The lowest BCUT2D eigenvalue weighted by Crippen LogP contribution is -1.83. The van der Waals surface area contributed by atoms with Crippen LogP contribution in [0.2, 0.25) is 0 Å². The largest absolute Gasteiger partial charge is 0.303 e. The second kappa shape index (κ2) is 5.86. The summed E-state index contributed by atoms with van der Waals surface area (Å²) in [6.07, 6.45) is 6.92. The van der Waals surface area contributed by atoms with Gasteiger partial charge in [-0.15, -0.1) is 0 Å². The van der Waals surface area contributed by atoms with E-state index in [4.69, 9.17) is 0 Å². The molecule has 3 nitrogen and oxygen atoms in total. The molecule has 0 unspecified atom stereocenters. The van der Waals surface area contributed by atoms with Crippen LogP contribution in [0.5, 0.6) is 0 Å². The van der Waals surface area contributed by atoms with Crippen LogP contribution in [0, 0.1) is 0 Å². The van der Waals surface area contributed by atoms with Crippen molar-refractivity contribution in [1.29, 1.82) is 0 Å². The molecular formula is C13H11N3S. The fraction of sp³-hybridized carbons (Fsp3) is 0. The van der Waals surface area contributed by atoms with Crippen LogP contribution in [-0.2, 0) is 0 Å². The number of benzene rings is 1. The Kier molecular flexibility index (Phi) is 3.94. The van der Waals surface area contributed by atoms with Crippen molar-refractivity contribution >= 4 is 28.6 Å². The molecule has 0 aliphatic heterocycles. The summed E-state index contributed by atoms with van der Waals surface area (Å²) < 4.78 is 1.70. The lowest BCUT2D eigenvalue weighted by atomic mass is 10.2. The van der Waals surface area contributed by atoms with Crippen LogP contribution in [0.4, 0.5) is 0 Å². The van der Waals surface area contributed by atoms with E-state index in [-0.39, 0.29) is 0 Å². The molecule has 0 N–H and O–H groups in total. The topological polar surface area (TPSA) is 30.7 Å². The number of hydrogen-bond acceptors (Lipinski definition) is 3. The SMILES string of the molecule is S=Cn1ccnc1.c1ccc2ncccc2c1. The third kappa shape index (κ3) is 3.19. The van der Waals surface area contributed by atoms with E-state index < -0.39 is 0 Å². The molecule has 0 amide bonds. The van der Waals surface area contributed by atoms with Gasteiger partial charge in [-0.1, -0.05) is 36.5 Å². The summed E-state index contributed by atoms with van der Waals surface area (Å²) in [5.74, 6) is 0. The summed E-state index contributed by atoms with van der Waals surface area (Å²) in [7, 11) is 0. The van der Waals surface area contributed by atoms with Gasteiger partial charge < -0.3 is 4.57 Å². The van der Waals surface area contributed by atoms with Gasteiger partial charge in [-0.2, -0.15) is 0 Å². The molecule has 0 spiro atoms. The summed E-state index contributed by atoms with van der Waals surface area (Å²) in [6.45, 7) is 0. The molecule has 0 atom stereocenters. The number of fused-ring (bicyclic) bond motifs is 1.